The van der Waals surface area contributed by atoms with Crippen molar-refractivity contribution in [3.05, 3.63) is 12.1 Å². The van der Waals surface area contributed by atoms with Gasteiger partial charge in [0.1, 0.15) is 6.42 Å². The summed E-state index contributed by atoms with van der Waals surface area (Å²) in [6.07, 6.45) is -0.212. The topological polar surface area (TPSA) is 80.6 Å². The summed E-state index contributed by atoms with van der Waals surface area (Å²) >= 11 is 0. The van der Waals surface area contributed by atoms with Crippen LogP contribution in [0.1, 0.15) is 6.42 Å². The Labute approximate surface area is 105 Å². The molecule has 0 atom stereocenters. The van der Waals surface area contributed by atoms with E-state index in [1.165, 1.54) is 21.3 Å². The third-order valence-electron chi connectivity index (χ3n) is 2.19. The third-order valence-corrected chi connectivity index (χ3v) is 2.19. The first-order valence-corrected chi connectivity index (χ1v) is 5.13. The van der Waals surface area contributed by atoms with Gasteiger partial charge in [-0.05, 0) is 0 Å². The highest BCUT2D eigenvalue weighted by atomic mass is 16.5. The largest absolute Gasteiger partial charge is 0.493 e. The summed E-state index contributed by atoms with van der Waals surface area (Å²) in [7, 11) is 4.46. The molecule has 0 aliphatic rings. The number of nitrogens with one attached hydrogen (secondary N) is 1. The molecule has 0 saturated heterocycles. The van der Waals surface area contributed by atoms with Gasteiger partial charge in [-0.15, -0.1) is 0 Å². The lowest BCUT2D eigenvalue weighted by molar-refractivity contribution is -0.115. The number of nitriles is 1. The molecule has 0 fully saturated rings. The van der Waals surface area contributed by atoms with Gasteiger partial charge < -0.3 is 19.5 Å². The van der Waals surface area contributed by atoms with Crippen LogP contribution in [0.2, 0.25) is 0 Å². The van der Waals surface area contributed by atoms with Crippen LogP contribution in [0.3, 0.4) is 0 Å². The lowest BCUT2D eigenvalue weighted by Crippen LogP contribution is -2.10. The number of benzene rings is 1. The predicted molar refractivity (Wildman–Crippen MR) is 65.0 cm³/mol. The van der Waals surface area contributed by atoms with Crippen LogP contribution in [-0.4, -0.2) is 27.2 Å². The zero-order chi connectivity index (χ0) is 13.5. The Kier molecular flexibility index (Phi) is 4.81. The highest BCUT2D eigenvalue weighted by Crippen LogP contribution is 2.39. The van der Waals surface area contributed by atoms with Crippen LogP contribution in [0.25, 0.3) is 0 Å². The Morgan fingerprint density at radius 2 is 1.78 bits per heavy atom. The number of amides is 1. The molecule has 1 aromatic carbocycles. The van der Waals surface area contributed by atoms with Gasteiger partial charge in [0, 0.05) is 17.8 Å². The maximum absolute atomic E-state index is 11.3. The zero-order valence-electron chi connectivity index (χ0n) is 10.4. The normalized spacial score (nSPS) is 9.22. The molecule has 1 rings (SSSR count). The van der Waals surface area contributed by atoms with Gasteiger partial charge in [0.15, 0.2) is 11.5 Å². The average molecular weight is 250 g/mol. The van der Waals surface area contributed by atoms with E-state index in [0.29, 0.717) is 22.9 Å². The molecule has 96 valence electrons. The first-order valence-electron chi connectivity index (χ1n) is 5.13. The maximum Gasteiger partial charge on any atom is 0.238 e. The lowest BCUT2D eigenvalue weighted by atomic mass is 10.2. The Morgan fingerprint density at radius 3 is 2.17 bits per heavy atom. The van der Waals surface area contributed by atoms with E-state index in [2.05, 4.69) is 5.32 Å². The zero-order valence-corrected chi connectivity index (χ0v) is 10.4. The Balaban J connectivity index is 3.08. The van der Waals surface area contributed by atoms with E-state index >= 15 is 0 Å². The van der Waals surface area contributed by atoms with E-state index < -0.39 is 5.91 Å². The second-order valence-electron chi connectivity index (χ2n) is 3.30. The van der Waals surface area contributed by atoms with Crippen molar-refractivity contribution in [2.24, 2.45) is 0 Å². The summed E-state index contributed by atoms with van der Waals surface area (Å²) in [6, 6.07) is 4.96. The molecule has 0 aliphatic carbocycles. The molecule has 0 bridgehead atoms. The van der Waals surface area contributed by atoms with Gasteiger partial charge in [-0.3, -0.25) is 4.79 Å². The number of hydrogen-bond donors (Lipinski definition) is 1. The van der Waals surface area contributed by atoms with E-state index in [1.807, 2.05) is 0 Å². The van der Waals surface area contributed by atoms with Crippen molar-refractivity contribution >= 4 is 11.6 Å². The number of carbonyl (C=O) groups is 1. The standard InChI is InChI=1S/C12H14N2O4/c1-16-9-6-8(14-11(15)4-5-13)7-10(17-2)12(9)18-3/h6-7H,4H2,1-3H3,(H,14,15). The summed E-state index contributed by atoms with van der Waals surface area (Å²) < 4.78 is 15.4. The van der Waals surface area contributed by atoms with Crippen molar-refractivity contribution in [1.29, 1.82) is 5.26 Å². The fourth-order valence-corrected chi connectivity index (χ4v) is 1.43. The third kappa shape index (κ3) is 3.04. The Morgan fingerprint density at radius 1 is 1.22 bits per heavy atom. The number of rotatable bonds is 5. The molecule has 6 nitrogen and oxygen atoms in total. The van der Waals surface area contributed by atoms with Gasteiger partial charge in [0.05, 0.1) is 27.4 Å². The van der Waals surface area contributed by atoms with Gasteiger partial charge in [-0.25, -0.2) is 0 Å². The average Bonchev–Trinajstić information content (AvgIpc) is 2.37. The smallest absolute Gasteiger partial charge is 0.238 e. The predicted octanol–water partition coefficient (Wildman–Crippen LogP) is 1.56. The van der Waals surface area contributed by atoms with Gasteiger partial charge in [0.2, 0.25) is 11.7 Å². The number of hydrogen-bond acceptors (Lipinski definition) is 5. The molecular weight excluding hydrogens is 236 g/mol. The van der Waals surface area contributed by atoms with Crippen molar-refractivity contribution < 1.29 is 19.0 Å². The first-order chi connectivity index (χ1) is 8.65. The van der Waals surface area contributed by atoms with Crippen LogP contribution >= 0.6 is 0 Å². The molecule has 0 unspecified atom stereocenters. The quantitative estimate of drug-likeness (QED) is 0.857. The van der Waals surface area contributed by atoms with E-state index in [9.17, 15) is 4.79 Å². The van der Waals surface area contributed by atoms with Crippen LogP contribution in [0.15, 0.2) is 12.1 Å². The molecule has 0 heterocycles. The maximum atomic E-state index is 11.3. The summed E-state index contributed by atoms with van der Waals surface area (Å²) in [5, 5.41) is 11.0. The second-order valence-corrected chi connectivity index (χ2v) is 3.30. The van der Waals surface area contributed by atoms with E-state index in [4.69, 9.17) is 19.5 Å². The van der Waals surface area contributed by atoms with Gasteiger partial charge in [-0.2, -0.15) is 5.26 Å². The van der Waals surface area contributed by atoms with Crippen LogP contribution in [0, 0.1) is 11.3 Å². The van der Waals surface area contributed by atoms with Crippen molar-refractivity contribution in [2.75, 3.05) is 26.6 Å². The minimum absolute atomic E-state index is 0.212. The molecule has 6 heteroatoms. The van der Waals surface area contributed by atoms with Gasteiger partial charge in [0.25, 0.3) is 0 Å². The number of methoxy groups -OCH3 is 3. The molecule has 1 amide bonds. The summed E-state index contributed by atoms with van der Waals surface area (Å²) in [5.74, 6) is 0.915. The molecule has 1 aromatic rings. The first kappa shape index (κ1) is 13.6. The minimum atomic E-state index is -0.397. The molecule has 0 radical (unpaired) electrons. The fourth-order valence-electron chi connectivity index (χ4n) is 1.43. The monoisotopic (exact) mass is 250 g/mol. The summed E-state index contributed by atoms with van der Waals surface area (Å²) in [6.45, 7) is 0. The Hall–Kier alpha value is -2.42. The summed E-state index contributed by atoms with van der Waals surface area (Å²) in [5.41, 5.74) is 0.477. The SMILES string of the molecule is COc1cc(NC(=O)CC#N)cc(OC)c1OC. The highest BCUT2D eigenvalue weighted by molar-refractivity contribution is 5.92. The van der Waals surface area contributed by atoms with Crippen molar-refractivity contribution in [3.63, 3.8) is 0 Å². The molecule has 0 saturated carbocycles. The fraction of sp³-hybridized carbons (Fsp3) is 0.333. The van der Waals surface area contributed by atoms with Crippen molar-refractivity contribution in [1.82, 2.24) is 0 Å². The second kappa shape index (κ2) is 6.35. The van der Waals surface area contributed by atoms with Gasteiger partial charge in [-0.1, -0.05) is 0 Å². The molecule has 18 heavy (non-hydrogen) atoms. The van der Waals surface area contributed by atoms with Crippen molar-refractivity contribution in [3.8, 4) is 23.3 Å². The lowest BCUT2D eigenvalue weighted by Gasteiger charge is -2.14. The molecule has 0 spiro atoms. The number of nitrogens with zero attached hydrogens (tertiary/aromatic N) is 1. The summed E-state index contributed by atoms with van der Waals surface area (Å²) in [4.78, 5) is 11.3. The van der Waals surface area contributed by atoms with E-state index in [-0.39, 0.29) is 6.42 Å². The van der Waals surface area contributed by atoms with Crippen LogP contribution in [0.5, 0.6) is 17.2 Å². The van der Waals surface area contributed by atoms with Gasteiger partial charge >= 0.3 is 0 Å². The minimum Gasteiger partial charge on any atom is -0.493 e. The van der Waals surface area contributed by atoms with Crippen LogP contribution in [0.4, 0.5) is 5.69 Å². The highest BCUT2D eigenvalue weighted by Gasteiger charge is 2.14. The van der Waals surface area contributed by atoms with Crippen LogP contribution in [-0.2, 0) is 4.79 Å². The van der Waals surface area contributed by atoms with Crippen molar-refractivity contribution in [2.45, 2.75) is 6.42 Å². The molecule has 0 aliphatic heterocycles. The number of carbonyl (C=O) groups excluding carboxylic acids is 1. The number of anilines is 1. The van der Waals surface area contributed by atoms with E-state index in [1.54, 1.807) is 18.2 Å². The number of ether oxygens (including phenoxy) is 3. The molecule has 1 N–H and O–H groups in total. The molecule has 0 aromatic heterocycles. The molecular formula is C12H14N2O4. The van der Waals surface area contributed by atoms with E-state index in [0.717, 1.165) is 0 Å². The van der Waals surface area contributed by atoms with Crippen LogP contribution < -0.4 is 19.5 Å². The Bertz CT molecular complexity index is 454.